The molecule has 10 heteroatoms. The van der Waals surface area contributed by atoms with Crippen LogP contribution < -0.4 is 5.32 Å². The zero-order valence-corrected chi connectivity index (χ0v) is 13.6. The highest BCUT2D eigenvalue weighted by Crippen LogP contribution is 2.28. The average Bonchev–Trinajstić information content (AvgIpc) is 2.98. The topological polar surface area (TPSA) is 79.4 Å². The number of hydrogen-bond donors (Lipinski definition) is 2. The number of alkyl halides is 3. The first-order valence-corrected chi connectivity index (χ1v) is 7.52. The van der Waals surface area contributed by atoms with E-state index in [1.165, 1.54) is 0 Å². The Morgan fingerprint density at radius 2 is 1.83 bits per heavy atom. The molecule has 2 heterocycles. The molecule has 0 saturated heterocycles. The summed E-state index contributed by atoms with van der Waals surface area (Å²) in [6.45, 7) is 0.466. The molecule has 124 valence electrons. The van der Waals surface area contributed by atoms with Gasteiger partial charge in [-0.25, -0.2) is 9.97 Å². The molecule has 0 amide bonds. The minimum Gasteiger partial charge on any atom is -0.349 e. The molecule has 1 aromatic carbocycles. The second-order valence-corrected chi connectivity index (χ2v) is 5.51. The van der Waals surface area contributed by atoms with Crippen LogP contribution in [-0.2, 0) is 12.7 Å². The third-order valence-electron chi connectivity index (χ3n) is 3.07. The lowest BCUT2D eigenvalue weighted by molar-refractivity contribution is -0.141. The van der Waals surface area contributed by atoms with Crippen molar-refractivity contribution in [2.75, 3.05) is 5.32 Å². The zero-order chi connectivity index (χ0) is 17.2. The minimum absolute atomic E-state index is 0.0298. The van der Waals surface area contributed by atoms with Crippen molar-refractivity contribution in [3.63, 3.8) is 0 Å². The van der Waals surface area contributed by atoms with Gasteiger partial charge in [-0.05, 0) is 27.6 Å². The predicted octanol–water partition coefficient (Wildman–Crippen LogP) is 3.66. The second kappa shape index (κ2) is 6.56. The van der Waals surface area contributed by atoms with Crippen LogP contribution in [0.15, 0.2) is 41.3 Å². The van der Waals surface area contributed by atoms with Crippen molar-refractivity contribution < 1.29 is 13.2 Å². The van der Waals surface area contributed by atoms with Crippen LogP contribution in [0.3, 0.4) is 0 Å². The molecule has 0 saturated carbocycles. The molecule has 0 aliphatic carbocycles. The Bertz CT molecular complexity index is 831. The first-order valence-electron chi connectivity index (χ1n) is 6.73. The maximum Gasteiger partial charge on any atom is 0.433 e. The van der Waals surface area contributed by atoms with Crippen LogP contribution >= 0.6 is 15.9 Å². The van der Waals surface area contributed by atoms with E-state index in [0.29, 0.717) is 22.8 Å². The Kier molecular flexibility index (Phi) is 4.47. The van der Waals surface area contributed by atoms with Crippen LogP contribution in [0.25, 0.3) is 11.4 Å². The summed E-state index contributed by atoms with van der Waals surface area (Å²) >= 11 is 3.15. The van der Waals surface area contributed by atoms with Gasteiger partial charge in [-0.15, -0.1) is 5.10 Å². The van der Waals surface area contributed by atoms with Gasteiger partial charge in [-0.1, -0.05) is 24.3 Å². The smallest absolute Gasteiger partial charge is 0.349 e. The molecule has 2 N–H and O–H groups in total. The molecular formula is C14H10BrF3N6. The van der Waals surface area contributed by atoms with Gasteiger partial charge >= 0.3 is 6.18 Å². The van der Waals surface area contributed by atoms with Crippen molar-refractivity contribution in [2.24, 2.45) is 0 Å². The van der Waals surface area contributed by atoms with Crippen LogP contribution in [0.2, 0.25) is 0 Å². The Hall–Kier alpha value is -2.49. The summed E-state index contributed by atoms with van der Waals surface area (Å²) in [5.41, 5.74) is 0.450. The highest BCUT2D eigenvalue weighted by molar-refractivity contribution is 9.10. The maximum atomic E-state index is 12.7. The molecule has 0 fully saturated rings. The summed E-state index contributed by atoms with van der Waals surface area (Å²) in [6.07, 6.45) is -3.39. The Balaban J connectivity index is 1.72. The van der Waals surface area contributed by atoms with Crippen molar-refractivity contribution in [3.05, 3.63) is 52.5 Å². The molecule has 0 unspecified atom stereocenters. The number of hydrogen-bond acceptors (Lipinski definition) is 5. The van der Waals surface area contributed by atoms with Crippen LogP contribution in [0.1, 0.15) is 11.3 Å². The van der Waals surface area contributed by atoms with E-state index in [1.54, 1.807) is 24.3 Å². The molecule has 0 aliphatic rings. The molecule has 0 spiro atoms. The van der Waals surface area contributed by atoms with Crippen LogP contribution in [-0.4, -0.2) is 25.1 Å². The Morgan fingerprint density at radius 3 is 2.46 bits per heavy atom. The third-order valence-corrected chi connectivity index (χ3v) is 3.42. The van der Waals surface area contributed by atoms with Gasteiger partial charge < -0.3 is 5.32 Å². The largest absolute Gasteiger partial charge is 0.433 e. The monoisotopic (exact) mass is 398 g/mol. The number of anilines is 1. The predicted molar refractivity (Wildman–Crippen MR) is 83.9 cm³/mol. The standard InChI is InChI=1S/C14H10BrF3N6/c15-12-22-13(24-23-12)20-7-8-1-3-9(4-2-8)11-19-6-5-10(21-11)14(16,17)18/h1-6H,7H2,(H2,20,22,23,24). The van der Waals surface area contributed by atoms with Crippen molar-refractivity contribution in [3.8, 4) is 11.4 Å². The number of rotatable bonds is 4. The second-order valence-electron chi connectivity index (χ2n) is 4.76. The number of nitrogens with one attached hydrogen (secondary N) is 2. The van der Waals surface area contributed by atoms with Gasteiger partial charge in [0.1, 0.15) is 5.69 Å². The molecule has 3 rings (SSSR count). The molecule has 2 aromatic heterocycles. The minimum atomic E-state index is -4.49. The lowest BCUT2D eigenvalue weighted by Gasteiger charge is -2.08. The summed E-state index contributed by atoms with van der Waals surface area (Å²) in [5, 5.41) is 9.55. The lowest BCUT2D eigenvalue weighted by Crippen LogP contribution is -2.09. The first kappa shape index (κ1) is 16.4. The van der Waals surface area contributed by atoms with Gasteiger partial charge in [0.25, 0.3) is 0 Å². The third kappa shape index (κ3) is 3.88. The molecule has 6 nitrogen and oxygen atoms in total. The fourth-order valence-corrected chi connectivity index (χ4v) is 2.19. The van der Waals surface area contributed by atoms with Gasteiger partial charge in [0, 0.05) is 18.3 Å². The Morgan fingerprint density at radius 1 is 1.08 bits per heavy atom. The highest BCUT2D eigenvalue weighted by Gasteiger charge is 2.32. The van der Waals surface area contributed by atoms with E-state index >= 15 is 0 Å². The summed E-state index contributed by atoms with van der Waals surface area (Å²) in [5.74, 6) is 0.467. The highest BCUT2D eigenvalue weighted by atomic mass is 79.9. The molecule has 24 heavy (non-hydrogen) atoms. The summed E-state index contributed by atoms with van der Waals surface area (Å²) in [7, 11) is 0. The number of aromatic nitrogens is 5. The molecular weight excluding hydrogens is 389 g/mol. The van der Waals surface area contributed by atoms with E-state index < -0.39 is 11.9 Å². The van der Waals surface area contributed by atoms with Crippen molar-refractivity contribution in [2.45, 2.75) is 12.7 Å². The number of nitrogens with zero attached hydrogens (tertiary/aromatic N) is 4. The van der Waals surface area contributed by atoms with Gasteiger partial charge in [0.05, 0.1) is 0 Å². The Labute approximate surface area is 142 Å². The van der Waals surface area contributed by atoms with E-state index in [1.807, 2.05) is 0 Å². The molecule has 0 radical (unpaired) electrons. The maximum absolute atomic E-state index is 12.7. The lowest BCUT2D eigenvalue weighted by atomic mass is 10.1. The quantitative estimate of drug-likeness (QED) is 0.700. The van der Waals surface area contributed by atoms with Gasteiger partial charge in [-0.2, -0.15) is 18.2 Å². The number of halogens is 4. The number of H-pyrrole nitrogens is 1. The van der Waals surface area contributed by atoms with Gasteiger partial charge in [-0.3, -0.25) is 5.10 Å². The van der Waals surface area contributed by atoms with E-state index in [4.69, 9.17) is 0 Å². The van der Waals surface area contributed by atoms with Gasteiger partial charge in [0.2, 0.25) is 5.95 Å². The number of benzene rings is 1. The average molecular weight is 399 g/mol. The molecule has 3 aromatic rings. The van der Waals surface area contributed by atoms with Crippen molar-refractivity contribution in [1.82, 2.24) is 25.1 Å². The van der Waals surface area contributed by atoms with E-state index in [-0.39, 0.29) is 5.82 Å². The fraction of sp³-hybridized carbons (Fsp3) is 0.143. The van der Waals surface area contributed by atoms with Crippen LogP contribution in [0.4, 0.5) is 19.1 Å². The van der Waals surface area contributed by atoms with Crippen molar-refractivity contribution in [1.29, 1.82) is 0 Å². The van der Waals surface area contributed by atoms with Crippen LogP contribution in [0, 0.1) is 0 Å². The zero-order valence-electron chi connectivity index (χ0n) is 12.0. The summed E-state index contributed by atoms with van der Waals surface area (Å²) in [6, 6.07) is 7.72. The van der Waals surface area contributed by atoms with E-state index in [2.05, 4.69) is 46.4 Å². The molecule has 0 bridgehead atoms. The molecule has 0 atom stereocenters. The SMILES string of the molecule is FC(F)(F)c1ccnc(-c2ccc(CNc3n[nH]c(Br)n3)cc2)n1. The van der Waals surface area contributed by atoms with E-state index in [9.17, 15) is 13.2 Å². The first-order chi connectivity index (χ1) is 11.4. The van der Waals surface area contributed by atoms with Gasteiger partial charge in [0.15, 0.2) is 10.6 Å². The fourth-order valence-electron chi connectivity index (χ4n) is 1.93. The normalized spacial score (nSPS) is 11.5. The number of aromatic amines is 1. The summed E-state index contributed by atoms with van der Waals surface area (Å²) in [4.78, 5) is 11.5. The molecule has 0 aliphatic heterocycles. The summed E-state index contributed by atoms with van der Waals surface area (Å²) < 4.78 is 38.6. The van der Waals surface area contributed by atoms with Crippen molar-refractivity contribution >= 4 is 21.9 Å². The van der Waals surface area contributed by atoms with Crippen LogP contribution in [0.5, 0.6) is 0 Å². The van der Waals surface area contributed by atoms with E-state index in [0.717, 1.165) is 17.8 Å².